The van der Waals surface area contributed by atoms with Crippen LogP contribution < -0.4 is 9.47 Å². The van der Waals surface area contributed by atoms with Gasteiger partial charge in [0.25, 0.3) is 0 Å². The Morgan fingerprint density at radius 3 is 2.68 bits per heavy atom. The lowest BCUT2D eigenvalue weighted by atomic mass is 10.1. The van der Waals surface area contributed by atoms with Crippen LogP contribution in [0.3, 0.4) is 0 Å². The highest BCUT2D eigenvalue weighted by Gasteiger charge is 2.20. The molecule has 0 aliphatic heterocycles. The minimum absolute atomic E-state index is 0.0526. The van der Waals surface area contributed by atoms with Crippen molar-refractivity contribution in [2.45, 2.75) is 25.5 Å². The van der Waals surface area contributed by atoms with Crippen LogP contribution in [0.2, 0.25) is 0 Å². The largest absolute Gasteiger partial charge is 0.497 e. The molecular weight excluding hydrogens is 378 g/mol. The van der Waals surface area contributed by atoms with E-state index in [1.54, 1.807) is 31.6 Å². The number of rotatable bonds is 9. The van der Waals surface area contributed by atoms with Crippen LogP contribution >= 0.6 is 11.8 Å². The molecular formula is C20H23N3O4S. The van der Waals surface area contributed by atoms with Crippen molar-refractivity contribution in [2.75, 3.05) is 20.0 Å². The summed E-state index contributed by atoms with van der Waals surface area (Å²) < 4.78 is 18.0. The Kier molecular flexibility index (Phi) is 6.41. The van der Waals surface area contributed by atoms with Crippen molar-refractivity contribution >= 4 is 17.5 Å². The van der Waals surface area contributed by atoms with Crippen molar-refractivity contribution in [2.24, 2.45) is 5.92 Å². The molecule has 148 valence electrons. The number of nitrogens with zero attached hydrogens (tertiary/aromatic N) is 3. The van der Waals surface area contributed by atoms with Gasteiger partial charge in [-0.25, -0.2) is 0 Å². The molecule has 0 radical (unpaired) electrons. The predicted octanol–water partition coefficient (Wildman–Crippen LogP) is 4.19. The summed E-state index contributed by atoms with van der Waals surface area (Å²) in [5.41, 5.74) is 0.511. The SMILES string of the molecule is COc1ccc(C(=O)CSc2nnc(-c3ccco3)n2CC(C)C)c(OC)c1. The summed E-state index contributed by atoms with van der Waals surface area (Å²) in [5.74, 6) is 3.01. The van der Waals surface area contributed by atoms with Gasteiger partial charge >= 0.3 is 0 Å². The Labute approximate surface area is 168 Å². The fourth-order valence-electron chi connectivity index (χ4n) is 2.75. The maximum Gasteiger partial charge on any atom is 0.200 e. The first-order chi connectivity index (χ1) is 13.5. The Hall–Kier alpha value is -2.74. The first-order valence-corrected chi connectivity index (χ1v) is 9.87. The van der Waals surface area contributed by atoms with E-state index < -0.39 is 0 Å². The topological polar surface area (TPSA) is 79.4 Å². The molecule has 7 nitrogen and oxygen atoms in total. The van der Waals surface area contributed by atoms with Gasteiger partial charge in [-0.2, -0.15) is 0 Å². The summed E-state index contributed by atoms with van der Waals surface area (Å²) >= 11 is 1.35. The van der Waals surface area contributed by atoms with Crippen molar-refractivity contribution in [3.05, 3.63) is 42.2 Å². The summed E-state index contributed by atoms with van der Waals surface area (Å²) in [5, 5.41) is 9.22. The first-order valence-electron chi connectivity index (χ1n) is 8.88. The van der Waals surface area contributed by atoms with E-state index in [9.17, 15) is 4.79 Å². The van der Waals surface area contributed by atoms with Crippen LogP contribution in [-0.4, -0.2) is 40.5 Å². The van der Waals surface area contributed by atoms with Crippen LogP contribution in [0.5, 0.6) is 11.5 Å². The maximum absolute atomic E-state index is 12.7. The van der Waals surface area contributed by atoms with Crippen molar-refractivity contribution in [1.29, 1.82) is 0 Å². The van der Waals surface area contributed by atoms with Crippen molar-refractivity contribution in [3.63, 3.8) is 0 Å². The monoisotopic (exact) mass is 401 g/mol. The number of ether oxygens (including phenoxy) is 2. The first kappa shape index (κ1) is 20.0. The Bertz CT molecular complexity index is 935. The van der Waals surface area contributed by atoms with Gasteiger partial charge in [0.2, 0.25) is 0 Å². The molecule has 0 saturated heterocycles. The quantitative estimate of drug-likeness (QED) is 0.393. The van der Waals surface area contributed by atoms with Gasteiger partial charge in [0, 0.05) is 12.6 Å². The summed E-state index contributed by atoms with van der Waals surface area (Å²) in [6.45, 7) is 4.97. The van der Waals surface area contributed by atoms with Crippen molar-refractivity contribution < 1.29 is 18.7 Å². The Morgan fingerprint density at radius 1 is 1.21 bits per heavy atom. The lowest BCUT2D eigenvalue weighted by molar-refractivity contribution is 0.101. The van der Waals surface area contributed by atoms with Gasteiger partial charge in [-0.15, -0.1) is 10.2 Å². The minimum atomic E-state index is -0.0526. The molecule has 0 bridgehead atoms. The van der Waals surface area contributed by atoms with E-state index in [4.69, 9.17) is 13.9 Å². The van der Waals surface area contributed by atoms with Crippen LogP contribution in [0, 0.1) is 5.92 Å². The average molecular weight is 401 g/mol. The van der Waals surface area contributed by atoms with Gasteiger partial charge in [0.1, 0.15) is 11.5 Å². The third-order valence-corrected chi connectivity index (χ3v) is 5.01. The number of carbonyl (C=O) groups excluding carboxylic acids is 1. The fraction of sp³-hybridized carbons (Fsp3) is 0.350. The Balaban J connectivity index is 1.80. The number of aromatic nitrogens is 3. The number of ketones is 1. The van der Waals surface area contributed by atoms with Crippen LogP contribution in [0.4, 0.5) is 0 Å². The zero-order chi connectivity index (χ0) is 20.1. The second kappa shape index (κ2) is 8.97. The highest BCUT2D eigenvalue weighted by atomic mass is 32.2. The average Bonchev–Trinajstić information content (AvgIpc) is 3.35. The summed E-state index contributed by atoms with van der Waals surface area (Å²) in [4.78, 5) is 12.7. The molecule has 2 heterocycles. The highest BCUT2D eigenvalue weighted by molar-refractivity contribution is 7.99. The van der Waals surface area contributed by atoms with E-state index >= 15 is 0 Å². The molecule has 0 atom stereocenters. The molecule has 0 spiro atoms. The van der Waals surface area contributed by atoms with Crippen molar-refractivity contribution in [1.82, 2.24) is 14.8 Å². The lowest BCUT2D eigenvalue weighted by Gasteiger charge is -2.12. The molecule has 0 fully saturated rings. The van der Waals surface area contributed by atoms with Gasteiger partial charge in [-0.3, -0.25) is 9.36 Å². The number of carbonyl (C=O) groups is 1. The fourth-order valence-corrected chi connectivity index (χ4v) is 3.58. The summed E-state index contributed by atoms with van der Waals surface area (Å²) in [6, 6.07) is 8.83. The van der Waals surface area contributed by atoms with Gasteiger partial charge < -0.3 is 13.9 Å². The molecule has 0 unspecified atom stereocenters. The van der Waals surface area contributed by atoms with Crippen LogP contribution in [0.1, 0.15) is 24.2 Å². The third kappa shape index (κ3) is 4.39. The second-order valence-electron chi connectivity index (χ2n) is 6.57. The molecule has 2 aromatic heterocycles. The van der Waals surface area contributed by atoms with Crippen LogP contribution in [0.25, 0.3) is 11.6 Å². The van der Waals surface area contributed by atoms with E-state index in [1.807, 2.05) is 16.7 Å². The van der Waals surface area contributed by atoms with E-state index in [1.165, 1.54) is 18.9 Å². The van der Waals surface area contributed by atoms with Crippen molar-refractivity contribution in [3.8, 4) is 23.1 Å². The summed E-state index contributed by atoms with van der Waals surface area (Å²) in [6.07, 6.45) is 1.61. The smallest absolute Gasteiger partial charge is 0.200 e. The minimum Gasteiger partial charge on any atom is -0.497 e. The number of benzene rings is 1. The zero-order valence-corrected chi connectivity index (χ0v) is 17.2. The van der Waals surface area contributed by atoms with E-state index in [0.717, 1.165) is 6.54 Å². The maximum atomic E-state index is 12.7. The van der Waals surface area contributed by atoms with Gasteiger partial charge in [0.15, 0.2) is 22.5 Å². The molecule has 8 heteroatoms. The number of hydrogen-bond acceptors (Lipinski definition) is 7. The van der Waals surface area contributed by atoms with Gasteiger partial charge in [0.05, 0.1) is 31.8 Å². The molecule has 1 aromatic carbocycles. The zero-order valence-electron chi connectivity index (χ0n) is 16.3. The molecule has 0 saturated carbocycles. The van der Waals surface area contributed by atoms with Gasteiger partial charge in [-0.05, 0) is 30.2 Å². The van der Waals surface area contributed by atoms with E-state index in [0.29, 0.717) is 39.7 Å². The summed E-state index contributed by atoms with van der Waals surface area (Å²) in [7, 11) is 3.11. The number of furan rings is 1. The molecule has 3 aromatic rings. The van der Waals surface area contributed by atoms with E-state index in [-0.39, 0.29) is 11.5 Å². The lowest BCUT2D eigenvalue weighted by Crippen LogP contribution is -2.10. The van der Waals surface area contributed by atoms with Crippen LogP contribution in [0.15, 0.2) is 46.2 Å². The second-order valence-corrected chi connectivity index (χ2v) is 7.51. The third-order valence-electron chi connectivity index (χ3n) is 4.05. The molecule has 0 amide bonds. The molecule has 0 N–H and O–H groups in total. The number of hydrogen-bond donors (Lipinski definition) is 0. The Morgan fingerprint density at radius 2 is 2.04 bits per heavy atom. The number of thioether (sulfide) groups is 1. The predicted molar refractivity (Wildman–Crippen MR) is 107 cm³/mol. The number of Topliss-reactive ketones (excluding diaryl/α,β-unsaturated/α-hetero) is 1. The molecule has 3 rings (SSSR count). The standard InChI is InChI=1S/C20H23N3O4S/c1-13(2)11-23-19(17-6-5-9-27-17)21-22-20(23)28-12-16(24)15-8-7-14(25-3)10-18(15)26-4/h5-10,13H,11-12H2,1-4H3. The molecule has 28 heavy (non-hydrogen) atoms. The van der Waals surface area contributed by atoms with Gasteiger partial charge in [-0.1, -0.05) is 25.6 Å². The molecule has 0 aliphatic rings. The highest BCUT2D eigenvalue weighted by Crippen LogP contribution is 2.29. The molecule has 0 aliphatic carbocycles. The number of methoxy groups -OCH3 is 2. The normalized spacial score (nSPS) is 11.0. The van der Waals surface area contributed by atoms with E-state index in [2.05, 4.69) is 24.0 Å². The van der Waals surface area contributed by atoms with Crippen LogP contribution in [-0.2, 0) is 6.54 Å².